The SMILES string of the molecule is CCOC(=O)c1cn(C)c2ccc(CO)nc2c1=O.[Ac]. The molecule has 0 aliphatic heterocycles. The van der Waals surface area contributed by atoms with Crippen molar-refractivity contribution in [2.24, 2.45) is 7.05 Å². The summed E-state index contributed by atoms with van der Waals surface area (Å²) in [5.41, 5.74) is 0.585. The summed E-state index contributed by atoms with van der Waals surface area (Å²) in [6.07, 6.45) is 1.43. The number of carbonyl (C=O) groups excluding carboxylic acids is 1. The Morgan fingerprint density at radius 2 is 2.15 bits per heavy atom. The van der Waals surface area contributed by atoms with Crippen LogP contribution in [0.4, 0.5) is 0 Å². The number of pyridine rings is 2. The average Bonchev–Trinajstić information content (AvgIpc) is 2.42. The molecular weight excluding hydrogens is 475 g/mol. The van der Waals surface area contributed by atoms with E-state index >= 15 is 0 Å². The Balaban J connectivity index is 0.00000200. The van der Waals surface area contributed by atoms with Crippen molar-refractivity contribution in [2.45, 2.75) is 13.5 Å². The first-order chi connectivity index (χ1) is 9.08. The van der Waals surface area contributed by atoms with Crippen LogP contribution in [0.1, 0.15) is 23.0 Å². The van der Waals surface area contributed by atoms with Gasteiger partial charge < -0.3 is 14.4 Å². The number of nitrogens with zero attached hydrogens (tertiary/aromatic N) is 2. The molecule has 2 aromatic heterocycles. The third-order valence-electron chi connectivity index (χ3n) is 2.75. The van der Waals surface area contributed by atoms with Crippen LogP contribution in [-0.2, 0) is 18.4 Å². The largest absolute Gasteiger partial charge is 0.462 e. The number of ether oxygens (including phenoxy) is 1. The van der Waals surface area contributed by atoms with E-state index in [4.69, 9.17) is 9.84 Å². The van der Waals surface area contributed by atoms with Gasteiger partial charge >= 0.3 is 5.97 Å². The van der Waals surface area contributed by atoms with E-state index in [1.165, 1.54) is 6.20 Å². The maximum absolute atomic E-state index is 12.2. The van der Waals surface area contributed by atoms with E-state index in [2.05, 4.69) is 4.98 Å². The number of aryl methyl sites for hydroxylation is 1. The fourth-order valence-corrected chi connectivity index (χ4v) is 1.84. The predicted molar refractivity (Wildman–Crippen MR) is 68.9 cm³/mol. The van der Waals surface area contributed by atoms with Crippen LogP contribution in [-0.4, -0.2) is 27.2 Å². The van der Waals surface area contributed by atoms with Crippen LogP contribution in [0.2, 0.25) is 0 Å². The fraction of sp³-hybridized carbons (Fsp3) is 0.308. The molecule has 0 atom stereocenters. The molecule has 0 amide bonds. The first-order valence-corrected chi connectivity index (χ1v) is 5.85. The molecule has 0 unspecified atom stereocenters. The summed E-state index contributed by atoms with van der Waals surface area (Å²) in [4.78, 5) is 28.0. The van der Waals surface area contributed by atoms with Crippen molar-refractivity contribution in [3.8, 4) is 0 Å². The normalized spacial score (nSPS) is 10.2. The molecule has 20 heavy (non-hydrogen) atoms. The van der Waals surface area contributed by atoms with Crippen molar-refractivity contribution in [1.29, 1.82) is 0 Å². The number of rotatable bonds is 3. The van der Waals surface area contributed by atoms with Crippen LogP contribution < -0.4 is 5.43 Å². The zero-order chi connectivity index (χ0) is 14.0. The Kier molecular flexibility index (Phi) is 6.31. The third kappa shape index (κ3) is 3.28. The quantitative estimate of drug-likeness (QED) is 0.640. The van der Waals surface area contributed by atoms with E-state index in [0.717, 1.165) is 0 Å². The topological polar surface area (TPSA) is 81.4 Å². The molecule has 2 heterocycles. The number of esters is 1. The summed E-state index contributed by atoms with van der Waals surface area (Å²) >= 11 is 0. The summed E-state index contributed by atoms with van der Waals surface area (Å²) in [5.74, 6) is -0.666. The Hall–Kier alpha value is -0.768. The smallest absolute Gasteiger partial charge is 0.343 e. The van der Waals surface area contributed by atoms with Crippen molar-refractivity contribution in [3.05, 3.63) is 39.8 Å². The summed E-state index contributed by atoms with van der Waals surface area (Å²) < 4.78 is 6.48. The number of carbonyl (C=O) groups is 1. The first kappa shape index (κ1) is 17.3. The van der Waals surface area contributed by atoms with Gasteiger partial charge in [0.25, 0.3) is 0 Å². The Labute approximate surface area is 151 Å². The van der Waals surface area contributed by atoms with Crippen LogP contribution in [0.5, 0.6) is 0 Å². The second-order valence-electron chi connectivity index (χ2n) is 4.03. The molecular formula is C13H14AcN2O4. The molecule has 0 fully saturated rings. The molecule has 0 bridgehead atoms. The van der Waals surface area contributed by atoms with Crippen molar-refractivity contribution >= 4 is 17.0 Å². The van der Waals surface area contributed by atoms with Crippen molar-refractivity contribution in [1.82, 2.24) is 9.55 Å². The van der Waals surface area contributed by atoms with E-state index in [-0.39, 0.29) is 68.4 Å². The van der Waals surface area contributed by atoms with Gasteiger partial charge in [-0.05, 0) is 19.1 Å². The number of aliphatic hydroxyl groups is 1. The number of hydrogen-bond donors (Lipinski definition) is 1. The van der Waals surface area contributed by atoms with Crippen molar-refractivity contribution < 1.29 is 58.7 Å². The minimum atomic E-state index is -0.666. The Morgan fingerprint density at radius 3 is 2.75 bits per heavy atom. The van der Waals surface area contributed by atoms with Crippen LogP contribution in [0, 0.1) is 44.1 Å². The van der Waals surface area contributed by atoms with Gasteiger partial charge in [-0.2, -0.15) is 0 Å². The molecule has 103 valence electrons. The third-order valence-corrected chi connectivity index (χ3v) is 2.75. The van der Waals surface area contributed by atoms with Gasteiger partial charge in [0.2, 0.25) is 5.43 Å². The van der Waals surface area contributed by atoms with Gasteiger partial charge in [0, 0.05) is 57.3 Å². The van der Waals surface area contributed by atoms with Crippen LogP contribution in [0.3, 0.4) is 0 Å². The molecule has 0 saturated carbocycles. The number of fused-ring (bicyclic) bond motifs is 1. The molecule has 2 rings (SSSR count). The van der Waals surface area contributed by atoms with Crippen LogP contribution in [0.15, 0.2) is 23.1 Å². The summed E-state index contributed by atoms with van der Waals surface area (Å²) in [7, 11) is 1.71. The Bertz CT molecular complexity index is 697. The van der Waals surface area contributed by atoms with E-state index < -0.39 is 11.4 Å². The molecule has 2 aromatic rings. The van der Waals surface area contributed by atoms with Crippen molar-refractivity contribution in [3.63, 3.8) is 0 Å². The second kappa shape index (κ2) is 7.30. The molecule has 0 aromatic carbocycles. The van der Waals surface area contributed by atoms with Gasteiger partial charge in [0.05, 0.1) is 24.4 Å². The molecule has 0 saturated heterocycles. The summed E-state index contributed by atoms with van der Waals surface area (Å²) in [6.45, 7) is 1.61. The molecule has 0 spiro atoms. The molecule has 1 N–H and O–H groups in total. The minimum absolute atomic E-state index is 0. The standard InChI is InChI=1S/C13H14N2O4.Ac/c1-3-19-13(18)9-6-15(2)10-5-4-8(7-16)14-11(10)12(9)17;/h4-6,16H,3,7H2,1-2H3;. The van der Waals surface area contributed by atoms with Gasteiger partial charge in [0.1, 0.15) is 11.1 Å². The Morgan fingerprint density at radius 1 is 1.45 bits per heavy atom. The van der Waals surface area contributed by atoms with Gasteiger partial charge in [-0.15, -0.1) is 0 Å². The van der Waals surface area contributed by atoms with E-state index in [1.807, 2.05) is 0 Å². The van der Waals surface area contributed by atoms with Gasteiger partial charge in [-0.25, -0.2) is 9.78 Å². The van der Waals surface area contributed by atoms with Gasteiger partial charge in [-0.3, -0.25) is 4.79 Å². The monoisotopic (exact) mass is 489 g/mol. The van der Waals surface area contributed by atoms with Gasteiger partial charge in [0.15, 0.2) is 0 Å². The fourth-order valence-electron chi connectivity index (χ4n) is 1.84. The minimum Gasteiger partial charge on any atom is -0.462 e. The molecule has 0 aliphatic carbocycles. The summed E-state index contributed by atoms with van der Waals surface area (Å²) in [6, 6.07) is 3.32. The maximum atomic E-state index is 12.2. The zero-order valence-corrected chi connectivity index (χ0v) is 16.0. The first-order valence-electron chi connectivity index (χ1n) is 5.85. The molecule has 0 aliphatic rings. The number of aliphatic hydroxyl groups excluding tert-OH is 1. The van der Waals surface area contributed by atoms with E-state index in [9.17, 15) is 9.59 Å². The second-order valence-corrected chi connectivity index (χ2v) is 4.03. The molecule has 7 heteroatoms. The molecule has 6 nitrogen and oxygen atoms in total. The number of hydrogen-bond acceptors (Lipinski definition) is 5. The van der Waals surface area contributed by atoms with E-state index in [0.29, 0.717) is 11.2 Å². The van der Waals surface area contributed by atoms with Crippen LogP contribution in [0.25, 0.3) is 11.0 Å². The maximum Gasteiger partial charge on any atom is 0.343 e. The van der Waals surface area contributed by atoms with E-state index in [1.54, 1.807) is 30.7 Å². The molecule has 1 radical (unpaired) electrons. The summed E-state index contributed by atoms with van der Waals surface area (Å²) in [5, 5.41) is 9.06. The average molecular weight is 489 g/mol. The van der Waals surface area contributed by atoms with Crippen LogP contribution >= 0.6 is 0 Å². The predicted octanol–water partition coefficient (Wildman–Crippen LogP) is 0.603. The van der Waals surface area contributed by atoms with Crippen molar-refractivity contribution in [2.75, 3.05) is 6.61 Å². The van der Waals surface area contributed by atoms with Gasteiger partial charge in [-0.1, -0.05) is 0 Å². The number of aromatic nitrogens is 2. The zero-order valence-electron chi connectivity index (χ0n) is 11.3.